The van der Waals surface area contributed by atoms with Crippen LogP contribution in [0.4, 0.5) is 24.7 Å². The van der Waals surface area contributed by atoms with E-state index in [9.17, 15) is 18.0 Å². The Morgan fingerprint density at radius 2 is 1.95 bits per heavy atom. The van der Waals surface area contributed by atoms with E-state index in [4.69, 9.17) is 5.73 Å². The number of nitrogens with one attached hydrogen (secondary N) is 1. The summed E-state index contributed by atoms with van der Waals surface area (Å²) < 4.78 is 38.5. The Morgan fingerprint density at radius 3 is 2.60 bits per heavy atom. The van der Waals surface area contributed by atoms with Crippen molar-refractivity contribution in [3.8, 4) is 0 Å². The zero-order valence-electron chi connectivity index (χ0n) is 9.85. The minimum Gasteiger partial charge on any atom is -0.364 e. The third-order valence-corrected chi connectivity index (χ3v) is 2.34. The fraction of sp³-hybridized carbons (Fsp3) is 0.0909. The van der Waals surface area contributed by atoms with Gasteiger partial charge < -0.3 is 11.1 Å². The van der Waals surface area contributed by atoms with E-state index in [1.54, 1.807) is 0 Å². The molecule has 9 heteroatoms. The van der Waals surface area contributed by atoms with Crippen LogP contribution in [0.25, 0.3) is 0 Å². The van der Waals surface area contributed by atoms with Gasteiger partial charge in [-0.05, 0) is 12.1 Å². The van der Waals surface area contributed by atoms with Crippen LogP contribution < -0.4 is 11.1 Å². The number of carbonyl (C=O) groups excluding carboxylic acids is 1. The Labute approximate surface area is 110 Å². The van der Waals surface area contributed by atoms with Crippen molar-refractivity contribution in [1.82, 2.24) is 15.2 Å². The summed E-state index contributed by atoms with van der Waals surface area (Å²) in [6.07, 6.45) is -3.55. The van der Waals surface area contributed by atoms with Crippen molar-refractivity contribution in [1.29, 1.82) is 0 Å². The van der Waals surface area contributed by atoms with Crippen molar-refractivity contribution in [3.63, 3.8) is 0 Å². The number of hydrogen-bond acceptors (Lipinski definition) is 5. The van der Waals surface area contributed by atoms with Crippen molar-refractivity contribution >= 4 is 17.4 Å². The van der Waals surface area contributed by atoms with Crippen molar-refractivity contribution < 1.29 is 18.0 Å². The normalized spacial score (nSPS) is 11.2. The molecule has 1 heterocycles. The molecule has 0 saturated heterocycles. The fourth-order valence-electron chi connectivity index (χ4n) is 1.50. The summed E-state index contributed by atoms with van der Waals surface area (Å²) in [6, 6.07) is 4.77. The number of aromatic nitrogens is 3. The third kappa shape index (κ3) is 2.82. The monoisotopic (exact) mass is 283 g/mol. The van der Waals surface area contributed by atoms with Crippen LogP contribution >= 0.6 is 0 Å². The molecule has 0 bridgehead atoms. The summed E-state index contributed by atoms with van der Waals surface area (Å²) >= 11 is 0. The number of para-hydroxylation sites is 1. The van der Waals surface area contributed by atoms with Gasteiger partial charge in [0.1, 0.15) is 6.33 Å². The lowest BCUT2D eigenvalue weighted by Crippen LogP contribution is -2.18. The highest BCUT2D eigenvalue weighted by molar-refractivity contribution is 5.96. The summed E-state index contributed by atoms with van der Waals surface area (Å²) in [5.74, 6) is -1.14. The lowest BCUT2D eigenvalue weighted by molar-refractivity contribution is -0.136. The molecular weight excluding hydrogens is 275 g/mol. The molecule has 0 aliphatic rings. The molecule has 1 aromatic carbocycles. The van der Waals surface area contributed by atoms with Gasteiger partial charge in [-0.1, -0.05) is 12.1 Å². The Bertz CT molecular complexity index is 644. The van der Waals surface area contributed by atoms with E-state index in [0.717, 1.165) is 12.4 Å². The average Bonchev–Trinajstić information content (AvgIpc) is 2.38. The van der Waals surface area contributed by atoms with Crippen LogP contribution in [0.2, 0.25) is 0 Å². The SMILES string of the molecule is NC(=O)c1nncnc1Nc1ccccc1C(F)(F)F. The second kappa shape index (κ2) is 5.11. The summed E-state index contributed by atoms with van der Waals surface area (Å²) in [6.45, 7) is 0. The topological polar surface area (TPSA) is 93.8 Å². The lowest BCUT2D eigenvalue weighted by Gasteiger charge is -2.14. The summed E-state index contributed by atoms with van der Waals surface area (Å²) in [7, 11) is 0. The highest BCUT2D eigenvalue weighted by Crippen LogP contribution is 2.35. The number of rotatable bonds is 3. The van der Waals surface area contributed by atoms with Gasteiger partial charge in [-0.2, -0.15) is 13.2 Å². The maximum atomic E-state index is 12.8. The Kier molecular flexibility index (Phi) is 3.51. The number of alkyl halides is 3. The van der Waals surface area contributed by atoms with E-state index in [1.165, 1.54) is 18.2 Å². The van der Waals surface area contributed by atoms with Gasteiger partial charge >= 0.3 is 6.18 Å². The van der Waals surface area contributed by atoms with Crippen molar-refractivity contribution in [2.45, 2.75) is 6.18 Å². The highest BCUT2D eigenvalue weighted by Gasteiger charge is 2.33. The van der Waals surface area contributed by atoms with Crippen LogP contribution in [-0.4, -0.2) is 21.1 Å². The molecule has 0 saturated carbocycles. The molecule has 0 spiro atoms. The first-order valence-electron chi connectivity index (χ1n) is 5.30. The van der Waals surface area contributed by atoms with Gasteiger partial charge in [0.2, 0.25) is 0 Å². The first kappa shape index (κ1) is 13.7. The highest BCUT2D eigenvalue weighted by atomic mass is 19.4. The molecule has 0 radical (unpaired) electrons. The van der Waals surface area contributed by atoms with Crippen LogP contribution in [0.1, 0.15) is 16.1 Å². The first-order chi connectivity index (χ1) is 9.39. The zero-order chi connectivity index (χ0) is 14.8. The molecule has 1 aromatic heterocycles. The van der Waals surface area contributed by atoms with Crippen molar-refractivity contribution in [3.05, 3.63) is 41.9 Å². The van der Waals surface area contributed by atoms with Gasteiger partial charge in [0.15, 0.2) is 11.5 Å². The van der Waals surface area contributed by atoms with E-state index in [0.29, 0.717) is 0 Å². The molecule has 1 amide bonds. The first-order valence-corrected chi connectivity index (χ1v) is 5.30. The molecule has 2 rings (SSSR count). The maximum absolute atomic E-state index is 12.8. The number of nitrogens with zero attached hydrogens (tertiary/aromatic N) is 3. The predicted octanol–water partition coefficient (Wildman–Crippen LogP) is 1.73. The summed E-state index contributed by atoms with van der Waals surface area (Å²) in [4.78, 5) is 14.8. The maximum Gasteiger partial charge on any atom is 0.418 e. The van der Waals surface area contributed by atoms with Gasteiger partial charge in [-0.15, -0.1) is 10.2 Å². The molecule has 0 unspecified atom stereocenters. The quantitative estimate of drug-likeness (QED) is 0.894. The van der Waals surface area contributed by atoms with Gasteiger partial charge in [0.05, 0.1) is 11.3 Å². The molecule has 0 fully saturated rings. The van der Waals surface area contributed by atoms with Crippen LogP contribution in [0, 0.1) is 0 Å². The molecule has 20 heavy (non-hydrogen) atoms. The molecule has 0 aliphatic carbocycles. The zero-order valence-corrected chi connectivity index (χ0v) is 9.85. The van der Waals surface area contributed by atoms with Gasteiger partial charge in [0, 0.05) is 0 Å². The van der Waals surface area contributed by atoms with Gasteiger partial charge in [0.25, 0.3) is 5.91 Å². The number of carbonyl (C=O) groups is 1. The van der Waals surface area contributed by atoms with Gasteiger partial charge in [-0.25, -0.2) is 4.98 Å². The largest absolute Gasteiger partial charge is 0.418 e. The fourth-order valence-corrected chi connectivity index (χ4v) is 1.50. The van der Waals surface area contributed by atoms with Crippen LogP contribution in [0.5, 0.6) is 0 Å². The second-order valence-corrected chi connectivity index (χ2v) is 3.69. The molecular formula is C11H8F3N5O. The van der Waals surface area contributed by atoms with E-state index in [2.05, 4.69) is 20.5 Å². The Balaban J connectivity index is 2.44. The molecule has 0 aliphatic heterocycles. The number of amides is 1. The van der Waals surface area contributed by atoms with E-state index < -0.39 is 17.6 Å². The minimum atomic E-state index is -4.54. The molecule has 2 aromatic rings. The van der Waals surface area contributed by atoms with Gasteiger partial charge in [-0.3, -0.25) is 4.79 Å². The van der Waals surface area contributed by atoms with Crippen molar-refractivity contribution in [2.24, 2.45) is 5.73 Å². The molecule has 0 atom stereocenters. The molecule has 6 nitrogen and oxygen atoms in total. The van der Waals surface area contributed by atoms with Crippen LogP contribution in [0.3, 0.4) is 0 Å². The predicted molar refractivity (Wildman–Crippen MR) is 63.1 cm³/mol. The number of hydrogen-bond donors (Lipinski definition) is 2. The number of primary amides is 1. The second-order valence-electron chi connectivity index (χ2n) is 3.69. The lowest BCUT2D eigenvalue weighted by atomic mass is 10.1. The number of nitrogens with two attached hydrogens (primary N) is 1. The number of anilines is 2. The third-order valence-electron chi connectivity index (χ3n) is 2.34. The van der Waals surface area contributed by atoms with Crippen LogP contribution in [-0.2, 0) is 6.18 Å². The number of halogens is 3. The van der Waals surface area contributed by atoms with E-state index in [1.807, 2.05) is 0 Å². The molecule has 104 valence electrons. The van der Waals surface area contributed by atoms with E-state index >= 15 is 0 Å². The molecule has 3 N–H and O–H groups in total. The van der Waals surface area contributed by atoms with E-state index in [-0.39, 0.29) is 17.2 Å². The average molecular weight is 283 g/mol. The standard InChI is InChI=1S/C11H8F3N5O/c12-11(13,14)6-3-1-2-4-7(6)18-10-8(9(15)20)19-17-5-16-10/h1-5H,(H2,15,20)(H,16,17,18). The minimum absolute atomic E-state index is 0.191. The summed E-state index contributed by atoms with van der Waals surface area (Å²) in [5, 5.41) is 9.19. The Morgan fingerprint density at radius 1 is 1.25 bits per heavy atom. The summed E-state index contributed by atoms with van der Waals surface area (Å²) in [5.41, 5.74) is 3.55. The van der Waals surface area contributed by atoms with Crippen molar-refractivity contribution in [2.75, 3.05) is 5.32 Å². The number of benzene rings is 1. The van der Waals surface area contributed by atoms with Crippen LogP contribution in [0.15, 0.2) is 30.6 Å². The Hall–Kier alpha value is -2.71. The smallest absolute Gasteiger partial charge is 0.364 e.